The van der Waals surface area contributed by atoms with Gasteiger partial charge in [-0.2, -0.15) is 18.3 Å². The van der Waals surface area contributed by atoms with Gasteiger partial charge in [0.2, 0.25) is 0 Å². The minimum absolute atomic E-state index is 0.0937. The zero-order valence-corrected chi connectivity index (χ0v) is 17.3. The lowest BCUT2D eigenvalue weighted by Gasteiger charge is -2.40. The first-order valence-electron chi connectivity index (χ1n) is 10.2. The van der Waals surface area contributed by atoms with Gasteiger partial charge < -0.3 is 0 Å². The van der Waals surface area contributed by atoms with Gasteiger partial charge in [0.15, 0.2) is 0 Å². The van der Waals surface area contributed by atoms with Gasteiger partial charge >= 0.3 is 6.18 Å². The van der Waals surface area contributed by atoms with Gasteiger partial charge in [0.25, 0.3) is 5.56 Å². The molecule has 2 atom stereocenters. The molecule has 156 valence electrons. The van der Waals surface area contributed by atoms with Crippen molar-refractivity contribution in [3.05, 3.63) is 28.2 Å². The molecule has 0 amide bonds. The van der Waals surface area contributed by atoms with Crippen LogP contribution in [0.4, 0.5) is 13.2 Å². The van der Waals surface area contributed by atoms with Crippen LogP contribution in [-0.2, 0) is 5.41 Å². The number of nitrogens with zero attached hydrogens (tertiary/aromatic N) is 1. The van der Waals surface area contributed by atoms with Crippen molar-refractivity contribution >= 4 is 0 Å². The molecule has 0 aliphatic heterocycles. The van der Waals surface area contributed by atoms with Crippen molar-refractivity contribution in [3.8, 4) is 0 Å². The van der Waals surface area contributed by atoms with Crippen LogP contribution in [0.15, 0.2) is 16.9 Å². The predicted molar refractivity (Wildman–Crippen MR) is 104 cm³/mol. The standard InChI is InChI=1S/C21H35F3N2O/c1-6-9-17(21(22,23)24)12-13-20(15(4)5,14-16(7-2)8-3)18-10-11-19(27)26-25-18/h10-11,15-17H,6-9,12-14H2,1-5H3,(H,26,27). The van der Waals surface area contributed by atoms with Crippen LogP contribution in [0.1, 0.15) is 85.3 Å². The predicted octanol–water partition coefficient (Wildman–Crippen LogP) is 6.25. The molecule has 2 unspecified atom stereocenters. The molecule has 1 rings (SSSR count). The van der Waals surface area contributed by atoms with Gasteiger partial charge in [-0.25, -0.2) is 5.10 Å². The number of alkyl halides is 3. The van der Waals surface area contributed by atoms with Crippen LogP contribution in [0.2, 0.25) is 0 Å². The fourth-order valence-electron chi connectivity index (χ4n) is 4.12. The zero-order valence-electron chi connectivity index (χ0n) is 17.3. The molecule has 0 saturated heterocycles. The second-order valence-corrected chi connectivity index (χ2v) is 8.07. The Hall–Kier alpha value is -1.33. The number of hydrogen-bond acceptors (Lipinski definition) is 2. The summed E-state index contributed by atoms with van der Waals surface area (Å²) >= 11 is 0. The highest BCUT2D eigenvalue weighted by Gasteiger charge is 2.43. The molecule has 0 aliphatic carbocycles. The number of rotatable bonds is 11. The molecule has 0 bridgehead atoms. The maximum absolute atomic E-state index is 13.5. The van der Waals surface area contributed by atoms with E-state index in [0.29, 0.717) is 24.5 Å². The maximum Gasteiger partial charge on any atom is 0.391 e. The molecule has 0 aliphatic rings. The molecule has 0 aromatic carbocycles. The number of hydrogen-bond donors (Lipinski definition) is 1. The highest BCUT2D eigenvalue weighted by Crippen LogP contribution is 2.45. The van der Waals surface area contributed by atoms with E-state index in [9.17, 15) is 18.0 Å². The third-order valence-corrected chi connectivity index (χ3v) is 6.14. The summed E-state index contributed by atoms with van der Waals surface area (Å²) in [6.45, 7) is 10.1. The first-order valence-corrected chi connectivity index (χ1v) is 10.2. The molecule has 1 heterocycles. The highest BCUT2D eigenvalue weighted by molar-refractivity contribution is 5.17. The molecule has 1 N–H and O–H groups in total. The summed E-state index contributed by atoms with van der Waals surface area (Å²) < 4.78 is 40.4. The van der Waals surface area contributed by atoms with Crippen LogP contribution in [0.5, 0.6) is 0 Å². The molecule has 1 aromatic rings. The molecule has 0 fully saturated rings. The van der Waals surface area contributed by atoms with Crippen LogP contribution in [-0.4, -0.2) is 16.4 Å². The lowest BCUT2D eigenvalue weighted by atomic mass is 9.64. The Morgan fingerprint density at radius 2 is 1.70 bits per heavy atom. The molecule has 6 heteroatoms. The number of halogens is 3. The van der Waals surface area contributed by atoms with Gasteiger partial charge in [-0.3, -0.25) is 4.79 Å². The number of aromatic amines is 1. The van der Waals surface area contributed by atoms with Crippen molar-refractivity contribution in [2.75, 3.05) is 0 Å². The number of H-pyrrole nitrogens is 1. The van der Waals surface area contributed by atoms with Crippen molar-refractivity contribution in [1.82, 2.24) is 10.2 Å². The average Bonchev–Trinajstić information content (AvgIpc) is 2.60. The second kappa shape index (κ2) is 10.3. The Morgan fingerprint density at radius 3 is 2.11 bits per heavy atom. The Kier molecular flexibility index (Phi) is 9.03. The normalized spacial score (nSPS) is 15.9. The molecule has 0 saturated carbocycles. The number of aromatic nitrogens is 2. The highest BCUT2D eigenvalue weighted by atomic mass is 19.4. The summed E-state index contributed by atoms with van der Waals surface area (Å²) in [4.78, 5) is 11.5. The summed E-state index contributed by atoms with van der Waals surface area (Å²) in [6, 6.07) is 3.13. The fourth-order valence-corrected chi connectivity index (χ4v) is 4.12. The van der Waals surface area contributed by atoms with Crippen molar-refractivity contribution in [2.45, 2.75) is 91.2 Å². The second-order valence-electron chi connectivity index (χ2n) is 8.07. The van der Waals surface area contributed by atoms with Crippen LogP contribution < -0.4 is 5.56 Å². The number of nitrogens with one attached hydrogen (secondary N) is 1. The minimum Gasteiger partial charge on any atom is -0.268 e. The molecule has 27 heavy (non-hydrogen) atoms. The van der Waals surface area contributed by atoms with Gasteiger partial charge in [-0.1, -0.05) is 53.9 Å². The smallest absolute Gasteiger partial charge is 0.268 e. The Morgan fingerprint density at radius 1 is 1.07 bits per heavy atom. The third-order valence-electron chi connectivity index (χ3n) is 6.14. The molecule has 0 radical (unpaired) electrons. The van der Waals surface area contributed by atoms with Crippen molar-refractivity contribution in [3.63, 3.8) is 0 Å². The third kappa shape index (κ3) is 6.35. The van der Waals surface area contributed by atoms with Crippen LogP contribution in [0.25, 0.3) is 0 Å². The van der Waals surface area contributed by atoms with E-state index in [1.165, 1.54) is 6.07 Å². The Balaban J connectivity index is 3.29. The molecule has 0 spiro atoms. The van der Waals surface area contributed by atoms with Gasteiger partial charge in [-0.15, -0.1) is 0 Å². The van der Waals surface area contributed by atoms with Gasteiger partial charge in [0, 0.05) is 11.5 Å². The van der Waals surface area contributed by atoms with Gasteiger partial charge in [0.05, 0.1) is 11.6 Å². The summed E-state index contributed by atoms with van der Waals surface area (Å²) in [5, 5.41) is 6.75. The van der Waals surface area contributed by atoms with E-state index < -0.39 is 17.5 Å². The van der Waals surface area contributed by atoms with E-state index >= 15 is 0 Å². The summed E-state index contributed by atoms with van der Waals surface area (Å²) in [7, 11) is 0. The minimum atomic E-state index is -4.17. The van der Waals surface area contributed by atoms with Crippen LogP contribution >= 0.6 is 0 Å². The summed E-state index contributed by atoms with van der Waals surface area (Å²) in [5.41, 5.74) is -0.0579. The summed E-state index contributed by atoms with van der Waals surface area (Å²) in [5.74, 6) is -0.756. The monoisotopic (exact) mass is 388 g/mol. The molecular weight excluding hydrogens is 353 g/mol. The van der Waals surface area contributed by atoms with E-state index in [-0.39, 0.29) is 24.3 Å². The molecule has 3 nitrogen and oxygen atoms in total. The quantitative estimate of drug-likeness (QED) is 0.487. The lowest BCUT2D eigenvalue weighted by Crippen LogP contribution is -2.38. The Bertz CT molecular complexity index is 588. The van der Waals surface area contributed by atoms with E-state index in [1.54, 1.807) is 13.0 Å². The summed E-state index contributed by atoms with van der Waals surface area (Å²) in [6.07, 6.45) is -0.248. The lowest BCUT2D eigenvalue weighted by molar-refractivity contribution is -0.179. The van der Waals surface area contributed by atoms with Gasteiger partial charge in [0.1, 0.15) is 0 Å². The van der Waals surface area contributed by atoms with E-state index in [0.717, 1.165) is 19.3 Å². The fraction of sp³-hybridized carbons (Fsp3) is 0.810. The molecule has 1 aromatic heterocycles. The average molecular weight is 389 g/mol. The zero-order chi connectivity index (χ0) is 20.7. The Labute approximate surface area is 161 Å². The maximum atomic E-state index is 13.5. The molecular formula is C21H35F3N2O. The van der Waals surface area contributed by atoms with Crippen LogP contribution in [0.3, 0.4) is 0 Å². The SMILES string of the molecule is CCCC(CCC(CC(CC)CC)(c1ccc(=O)[nH]n1)C(C)C)C(F)(F)F. The first-order chi connectivity index (χ1) is 12.6. The van der Waals surface area contributed by atoms with Gasteiger partial charge in [-0.05, 0) is 43.6 Å². The van der Waals surface area contributed by atoms with E-state index in [2.05, 4.69) is 37.9 Å². The van der Waals surface area contributed by atoms with Crippen molar-refractivity contribution < 1.29 is 13.2 Å². The largest absolute Gasteiger partial charge is 0.391 e. The van der Waals surface area contributed by atoms with Crippen molar-refractivity contribution in [2.24, 2.45) is 17.8 Å². The van der Waals surface area contributed by atoms with Crippen LogP contribution in [0, 0.1) is 17.8 Å². The van der Waals surface area contributed by atoms with E-state index in [4.69, 9.17) is 0 Å². The topological polar surface area (TPSA) is 45.8 Å². The first kappa shape index (κ1) is 23.7. The van der Waals surface area contributed by atoms with E-state index in [1.807, 2.05) is 0 Å². The van der Waals surface area contributed by atoms with Crippen molar-refractivity contribution in [1.29, 1.82) is 0 Å².